The third-order valence-electron chi connectivity index (χ3n) is 4.31. The average Bonchev–Trinajstić information content (AvgIpc) is 2.51. The number of carboxylic acid groups (broad SMARTS) is 1. The van der Waals surface area contributed by atoms with Crippen molar-refractivity contribution in [3.05, 3.63) is 23.8 Å². The fourth-order valence-corrected chi connectivity index (χ4v) is 3.08. The first-order chi connectivity index (χ1) is 11.7. The molecule has 140 valence electrons. The molecule has 0 radical (unpaired) electrons. The van der Waals surface area contributed by atoms with E-state index in [-0.39, 0.29) is 23.5 Å². The Bertz CT molecular complexity index is 590. The van der Waals surface area contributed by atoms with Gasteiger partial charge in [0, 0.05) is 6.07 Å². The van der Waals surface area contributed by atoms with Crippen LogP contribution in [-0.2, 0) is 4.79 Å². The van der Waals surface area contributed by atoms with Gasteiger partial charge in [0.25, 0.3) is 0 Å². The van der Waals surface area contributed by atoms with Crippen molar-refractivity contribution >= 4 is 5.97 Å². The number of rotatable bonds is 6. The predicted octanol–water partition coefficient (Wildman–Crippen LogP) is 4.98. The van der Waals surface area contributed by atoms with Crippen LogP contribution in [0.15, 0.2) is 18.2 Å². The van der Waals surface area contributed by atoms with E-state index in [1.54, 1.807) is 6.07 Å². The van der Waals surface area contributed by atoms with Crippen molar-refractivity contribution in [1.82, 2.24) is 0 Å². The van der Waals surface area contributed by atoms with E-state index in [0.29, 0.717) is 38.0 Å². The Hall–Kier alpha value is -1.92. The zero-order chi connectivity index (χ0) is 18.6. The molecule has 2 rings (SSSR count). The number of hydrogen-bond donors (Lipinski definition) is 1. The van der Waals surface area contributed by atoms with Gasteiger partial charge in [0.05, 0.1) is 12.5 Å². The Morgan fingerprint density at radius 2 is 1.88 bits per heavy atom. The molecule has 0 heterocycles. The van der Waals surface area contributed by atoms with E-state index in [0.717, 1.165) is 5.56 Å². The minimum absolute atomic E-state index is 0.0812. The van der Waals surface area contributed by atoms with Gasteiger partial charge in [0.2, 0.25) is 0 Å². The molecule has 1 aromatic rings. The molecule has 0 amide bonds. The summed E-state index contributed by atoms with van der Waals surface area (Å²) in [6, 6.07) is 4.16. The number of aliphatic carboxylic acids is 1. The van der Waals surface area contributed by atoms with Crippen LogP contribution in [0.4, 0.5) is 13.2 Å². The summed E-state index contributed by atoms with van der Waals surface area (Å²) in [4.78, 5) is 11.1. The average molecular weight is 360 g/mol. The van der Waals surface area contributed by atoms with Gasteiger partial charge in [-0.2, -0.15) is 0 Å². The maximum atomic E-state index is 12.4. The Labute approximate surface area is 144 Å². The molecule has 0 spiro atoms. The number of halogens is 3. The van der Waals surface area contributed by atoms with E-state index in [2.05, 4.69) is 4.74 Å². The number of hydrogen-bond acceptors (Lipinski definition) is 3. The summed E-state index contributed by atoms with van der Waals surface area (Å²) in [5.41, 5.74) is 0.819. The van der Waals surface area contributed by atoms with E-state index in [1.165, 1.54) is 12.1 Å². The molecule has 1 fully saturated rings. The molecule has 0 aromatic heterocycles. The summed E-state index contributed by atoms with van der Waals surface area (Å²) in [6.45, 7) is 4.29. The van der Waals surface area contributed by atoms with Gasteiger partial charge in [-0.15, -0.1) is 13.2 Å². The van der Waals surface area contributed by atoms with Crippen molar-refractivity contribution in [2.24, 2.45) is 11.8 Å². The Balaban J connectivity index is 2.19. The van der Waals surface area contributed by atoms with Crippen LogP contribution in [0.2, 0.25) is 0 Å². The smallest absolute Gasteiger partial charge is 0.493 e. The Kier molecular flexibility index (Phi) is 6.19. The van der Waals surface area contributed by atoms with Crippen LogP contribution in [0.25, 0.3) is 0 Å². The first kappa shape index (κ1) is 19.4. The SMILES string of the molecule is CC(C)COc1cc(OC(F)(F)F)ccc1C1CCC(C(=O)O)CC1. The van der Waals surface area contributed by atoms with Crippen LogP contribution in [-0.4, -0.2) is 24.0 Å². The van der Waals surface area contributed by atoms with Crippen molar-refractivity contribution in [3.8, 4) is 11.5 Å². The highest BCUT2D eigenvalue weighted by Crippen LogP contribution is 2.41. The van der Waals surface area contributed by atoms with Gasteiger partial charge < -0.3 is 14.6 Å². The van der Waals surface area contributed by atoms with Crippen molar-refractivity contribution in [1.29, 1.82) is 0 Å². The van der Waals surface area contributed by atoms with Crippen molar-refractivity contribution in [3.63, 3.8) is 0 Å². The van der Waals surface area contributed by atoms with E-state index < -0.39 is 12.3 Å². The molecule has 1 aromatic carbocycles. The monoisotopic (exact) mass is 360 g/mol. The number of benzene rings is 1. The molecule has 0 atom stereocenters. The number of carbonyl (C=O) groups is 1. The summed E-state index contributed by atoms with van der Waals surface area (Å²) < 4.78 is 47.0. The lowest BCUT2D eigenvalue weighted by molar-refractivity contribution is -0.274. The first-order valence-corrected chi connectivity index (χ1v) is 8.41. The maximum Gasteiger partial charge on any atom is 0.573 e. The molecule has 1 N–H and O–H groups in total. The molecule has 0 aliphatic heterocycles. The van der Waals surface area contributed by atoms with Crippen molar-refractivity contribution in [2.45, 2.75) is 51.8 Å². The minimum Gasteiger partial charge on any atom is -0.493 e. The largest absolute Gasteiger partial charge is 0.573 e. The predicted molar refractivity (Wildman–Crippen MR) is 85.8 cm³/mol. The third-order valence-corrected chi connectivity index (χ3v) is 4.31. The Morgan fingerprint density at radius 3 is 2.40 bits per heavy atom. The van der Waals surface area contributed by atoms with Gasteiger partial charge in [-0.1, -0.05) is 19.9 Å². The number of ether oxygens (including phenoxy) is 2. The highest BCUT2D eigenvalue weighted by Gasteiger charge is 2.32. The number of alkyl halides is 3. The van der Waals surface area contributed by atoms with E-state index in [9.17, 15) is 18.0 Å². The summed E-state index contributed by atoms with van der Waals surface area (Å²) >= 11 is 0. The van der Waals surface area contributed by atoms with Gasteiger partial charge in [-0.25, -0.2) is 0 Å². The fourth-order valence-electron chi connectivity index (χ4n) is 3.08. The molecular weight excluding hydrogens is 337 g/mol. The Morgan fingerprint density at radius 1 is 1.24 bits per heavy atom. The molecule has 4 nitrogen and oxygen atoms in total. The fraction of sp³-hybridized carbons (Fsp3) is 0.611. The molecule has 0 bridgehead atoms. The second-order valence-corrected chi connectivity index (χ2v) is 6.84. The quantitative estimate of drug-likeness (QED) is 0.777. The molecule has 25 heavy (non-hydrogen) atoms. The van der Waals surface area contributed by atoms with Crippen LogP contribution in [0, 0.1) is 11.8 Å². The van der Waals surface area contributed by atoms with Gasteiger partial charge in [-0.3, -0.25) is 4.79 Å². The topological polar surface area (TPSA) is 55.8 Å². The van der Waals surface area contributed by atoms with Crippen LogP contribution < -0.4 is 9.47 Å². The summed E-state index contributed by atoms with van der Waals surface area (Å²) in [5.74, 6) is -0.753. The van der Waals surface area contributed by atoms with E-state index in [4.69, 9.17) is 9.84 Å². The van der Waals surface area contributed by atoms with Crippen molar-refractivity contribution < 1.29 is 32.5 Å². The van der Waals surface area contributed by atoms with Gasteiger partial charge in [-0.05, 0) is 49.1 Å². The summed E-state index contributed by atoms with van der Waals surface area (Å²) in [5, 5.41) is 9.09. The highest BCUT2D eigenvalue weighted by molar-refractivity contribution is 5.70. The maximum absolute atomic E-state index is 12.4. The van der Waals surface area contributed by atoms with Crippen molar-refractivity contribution in [2.75, 3.05) is 6.61 Å². The lowest BCUT2D eigenvalue weighted by Gasteiger charge is -2.28. The molecule has 0 saturated heterocycles. The molecule has 1 aliphatic rings. The van der Waals surface area contributed by atoms with Gasteiger partial charge >= 0.3 is 12.3 Å². The van der Waals surface area contributed by atoms with Crippen LogP contribution in [0.3, 0.4) is 0 Å². The van der Waals surface area contributed by atoms with E-state index >= 15 is 0 Å². The lowest BCUT2D eigenvalue weighted by Crippen LogP contribution is -2.21. The molecule has 0 unspecified atom stereocenters. The molecular formula is C18H23F3O4. The lowest BCUT2D eigenvalue weighted by atomic mass is 9.78. The second-order valence-electron chi connectivity index (χ2n) is 6.84. The van der Waals surface area contributed by atoms with Crippen LogP contribution in [0.1, 0.15) is 51.0 Å². The summed E-state index contributed by atoms with van der Waals surface area (Å²) in [6.07, 6.45) is -2.28. The molecule has 7 heteroatoms. The van der Waals surface area contributed by atoms with E-state index in [1.807, 2.05) is 13.8 Å². The highest BCUT2D eigenvalue weighted by atomic mass is 19.4. The van der Waals surface area contributed by atoms with Crippen LogP contribution in [0.5, 0.6) is 11.5 Å². The zero-order valence-electron chi connectivity index (χ0n) is 14.3. The number of carboxylic acids is 1. The van der Waals surface area contributed by atoms with Gasteiger partial charge in [0.1, 0.15) is 11.5 Å². The minimum atomic E-state index is -4.75. The summed E-state index contributed by atoms with van der Waals surface area (Å²) in [7, 11) is 0. The molecule has 1 aliphatic carbocycles. The van der Waals surface area contributed by atoms with Crippen LogP contribution >= 0.6 is 0 Å². The second kappa shape index (κ2) is 7.97. The van der Waals surface area contributed by atoms with Gasteiger partial charge in [0.15, 0.2) is 0 Å². The standard InChI is InChI=1S/C18H23F3O4/c1-11(2)10-24-16-9-14(25-18(19,20)21)7-8-15(16)12-3-5-13(6-4-12)17(22)23/h7-9,11-13H,3-6,10H2,1-2H3,(H,22,23). The molecule has 1 saturated carbocycles. The normalized spacial score (nSPS) is 21.2. The third kappa shape index (κ3) is 5.83. The first-order valence-electron chi connectivity index (χ1n) is 8.41. The zero-order valence-corrected chi connectivity index (χ0v) is 14.3.